The molecule has 2 atom stereocenters. The summed E-state index contributed by atoms with van der Waals surface area (Å²) in [6, 6.07) is 6.95. The highest BCUT2D eigenvalue weighted by atomic mass is 16.3. The molecule has 0 spiro atoms. The molecular weight excluding hydrogens is 328 g/mol. The van der Waals surface area contributed by atoms with E-state index in [9.17, 15) is 19.5 Å². The highest BCUT2D eigenvalue weighted by Gasteiger charge is 2.36. The van der Waals surface area contributed by atoms with Gasteiger partial charge in [0.15, 0.2) is 17.3 Å². The Kier molecular flexibility index (Phi) is 5.14. The minimum absolute atomic E-state index is 0.000588. The van der Waals surface area contributed by atoms with Crippen LogP contribution in [0.5, 0.6) is 0 Å². The molecule has 2 aliphatic rings. The summed E-state index contributed by atoms with van der Waals surface area (Å²) in [5.74, 6) is -1.87. The van der Waals surface area contributed by atoms with Gasteiger partial charge in [0.2, 0.25) is 0 Å². The van der Waals surface area contributed by atoms with E-state index in [1.165, 1.54) is 11.6 Å². The van der Waals surface area contributed by atoms with Gasteiger partial charge in [-0.3, -0.25) is 14.4 Å². The molecule has 2 aliphatic carbocycles. The maximum absolute atomic E-state index is 12.8. The van der Waals surface area contributed by atoms with Crippen molar-refractivity contribution < 1.29 is 19.5 Å². The van der Waals surface area contributed by atoms with E-state index in [0.717, 1.165) is 5.56 Å². The second-order valence-electron chi connectivity index (χ2n) is 7.05. The van der Waals surface area contributed by atoms with E-state index in [2.05, 4.69) is 0 Å². The van der Waals surface area contributed by atoms with Crippen LogP contribution in [0.15, 0.2) is 59.2 Å². The summed E-state index contributed by atoms with van der Waals surface area (Å²) in [7, 11) is 0. The Morgan fingerprint density at radius 1 is 1.04 bits per heavy atom. The fourth-order valence-electron chi connectivity index (χ4n) is 3.27. The molecule has 1 aromatic carbocycles. The first-order valence-electron chi connectivity index (χ1n) is 8.80. The van der Waals surface area contributed by atoms with Crippen molar-refractivity contribution in [2.24, 2.45) is 5.92 Å². The summed E-state index contributed by atoms with van der Waals surface area (Å²) in [6.45, 7) is 3.92. The fraction of sp³-hybridized carbons (Fsp3) is 0.318. The molecule has 0 bridgehead atoms. The standard InChI is InChI=1S/C22H22O4/c1-13-3-7-15(8-4-13)21(25)17-11-18(20(24)12-19(17)23)22(26)16-9-5-14(2)6-10-16/h3-5,7-8,10-11,18,20,24H,6,9,12H2,1-2H3. The molecule has 0 radical (unpaired) electrons. The fourth-order valence-corrected chi connectivity index (χ4v) is 3.27. The first kappa shape index (κ1) is 18.2. The molecule has 0 aromatic heterocycles. The number of allylic oxidation sites excluding steroid dienone is 5. The van der Waals surface area contributed by atoms with Crippen LogP contribution in [0.25, 0.3) is 0 Å². The third kappa shape index (κ3) is 3.65. The number of hydrogen-bond donors (Lipinski definition) is 1. The van der Waals surface area contributed by atoms with Crippen molar-refractivity contribution in [3.05, 3.63) is 70.3 Å². The zero-order valence-electron chi connectivity index (χ0n) is 15.0. The Morgan fingerprint density at radius 2 is 1.73 bits per heavy atom. The van der Waals surface area contributed by atoms with Gasteiger partial charge in [0.1, 0.15) is 0 Å². The number of aliphatic hydroxyl groups excluding tert-OH is 1. The predicted molar refractivity (Wildman–Crippen MR) is 98.8 cm³/mol. The van der Waals surface area contributed by atoms with Gasteiger partial charge in [-0.25, -0.2) is 0 Å². The first-order valence-corrected chi connectivity index (χ1v) is 8.80. The summed E-state index contributed by atoms with van der Waals surface area (Å²) >= 11 is 0. The van der Waals surface area contributed by atoms with Crippen molar-refractivity contribution in [1.29, 1.82) is 0 Å². The number of aliphatic hydroxyl groups is 1. The molecule has 134 valence electrons. The van der Waals surface area contributed by atoms with E-state index >= 15 is 0 Å². The molecule has 3 rings (SSSR count). The summed E-state index contributed by atoms with van der Waals surface area (Å²) in [5, 5.41) is 10.3. The monoisotopic (exact) mass is 350 g/mol. The average Bonchev–Trinajstić information content (AvgIpc) is 2.62. The van der Waals surface area contributed by atoms with Crippen LogP contribution in [0.3, 0.4) is 0 Å². The molecule has 1 N–H and O–H groups in total. The van der Waals surface area contributed by atoms with Gasteiger partial charge in [0.05, 0.1) is 17.6 Å². The zero-order chi connectivity index (χ0) is 18.8. The number of Topliss-reactive ketones (excluding diaryl/α,β-unsaturated/α-hetero) is 3. The highest BCUT2D eigenvalue weighted by molar-refractivity contribution is 6.27. The third-order valence-corrected chi connectivity index (χ3v) is 4.97. The van der Waals surface area contributed by atoms with Gasteiger partial charge in [-0.2, -0.15) is 0 Å². The number of hydrogen-bond acceptors (Lipinski definition) is 4. The van der Waals surface area contributed by atoms with Crippen molar-refractivity contribution in [1.82, 2.24) is 0 Å². The molecule has 4 heteroatoms. The lowest BCUT2D eigenvalue weighted by Gasteiger charge is -2.25. The summed E-state index contributed by atoms with van der Waals surface area (Å²) in [5.41, 5.74) is 3.26. The Hall–Kier alpha value is -2.59. The Bertz CT molecular complexity index is 853. The highest BCUT2D eigenvalue weighted by Crippen LogP contribution is 2.29. The quantitative estimate of drug-likeness (QED) is 0.514. The molecule has 0 aliphatic heterocycles. The van der Waals surface area contributed by atoms with Crippen LogP contribution < -0.4 is 0 Å². The van der Waals surface area contributed by atoms with Gasteiger partial charge in [-0.05, 0) is 32.3 Å². The van der Waals surface area contributed by atoms with Gasteiger partial charge in [0.25, 0.3) is 0 Å². The molecule has 2 unspecified atom stereocenters. The van der Waals surface area contributed by atoms with Crippen molar-refractivity contribution in [3.63, 3.8) is 0 Å². The maximum Gasteiger partial charge on any atom is 0.196 e. The molecule has 0 amide bonds. The molecular formula is C22H22O4. The van der Waals surface area contributed by atoms with Crippen LogP contribution in [0.1, 0.15) is 42.1 Å². The summed E-state index contributed by atoms with van der Waals surface area (Å²) in [6.07, 6.45) is 5.18. The molecule has 0 heterocycles. The van der Waals surface area contributed by atoms with Crippen LogP contribution in [0, 0.1) is 12.8 Å². The number of rotatable bonds is 4. The number of ketones is 3. The van der Waals surface area contributed by atoms with E-state index in [-0.39, 0.29) is 17.8 Å². The number of benzene rings is 1. The zero-order valence-corrected chi connectivity index (χ0v) is 15.0. The Labute approximate surface area is 152 Å². The van der Waals surface area contributed by atoms with Crippen LogP contribution in [0.4, 0.5) is 0 Å². The average molecular weight is 350 g/mol. The maximum atomic E-state index is 12.8. The van der Waals surface area contributed by atoms with E-state index in [1.54, 1.807) is 24.3 Å². The predicted octanol–water partition coefficient (Wildman–Crippen LogP) is 3.29. The van der Waals surface area contributed by atoms with Crippen LogP contribution in [-0.4, -0.2) is 28.6 Å². The lowest BCUT2D eigenvalue weighted by Crippen LogP contribution is -2.36. The van der Waals surface area contributed by atoms with Crippen molar-refractivity contribution in [2.75, 3.05) is 0 Å². The molecule has 0 saturated carbocycles. The van der Waals surface area contributed by atoms with E-state index in [4.69, 9.17) is 0 Å². The topological polar surface area (TPSA) is 71.4 Å². The van der Waals surface area contributed by atoms with Crippen LogP contribution >= 0.6 is 0 Å². The number of aryl methyl sites for hydroxylation is 1. The third-order valence-electron chi connectivity index (χ3n) is 4.97. The van der Waals surface area contributed by atoms with Gasteiger partial charge >= 0.3 is 0 Å². The minimum Gasteiger partial charge on any atom is -0.392 e. The smallest absolute Gasteiger partial charge is 0.196 e. The summed E-state index contributed by atoms with van der Waals surface area (Å²) in [4.78, 5) is 37.8. The lowest BCUT2D eigenvalue weighted by atomic mass is 9.79. The first-order chi connectivity index (χ1) is 12.4. The van der Waals surface area contributed by atoms with Crippen molar-refractivity contribution >= 4 is 17.3 Å². The van der Waals surface area contributed by atoms with Crippen LogP contribution in [-0.2, 0) is 9.59 Å². The van der Waals surface area contributed by atoms with Gasteiger partial charge in [-0.1, -0.05) is 53.6 Å². The molecule has 1 aromatic rings. The largest absolute Gasteiger partial charge is 0.392 e. The minimum atomic E-state index is -1.09. The normalized spacial score (nSPS) is 23.0. The Balaban J connectivity index is 1.89. The SMILES string of the molecule is CC1=CCC(C(=O)C2C=C(C(=O)c3ccc(C)cc3)C(=O)CC2O)=CC1. The second-order valence-corrected chi connectivity index (χ2v) is 7.05. The van der Waals surface area contributed by atoms with E-state index < -0.39 is 23.6 Å². The summed E-state index contributed by atoms with van der Waals surface area (Å²) < 4.78 is 0. The van der Waals surface area contributed by atoms with Crippen molar-refractivity contribution in [3.8, 4) is 0 Å². The molecule has 4 nitrogen and oxygen atoms in total. The van der Waals surface area contributed by atoms with Gasteiger partial charge in [0, 0.05) is 12.0 Å². The van der Waals surface area contributed by atoms with E-state index in [1.807, 2.05) is 26.0 Å². The molecule has 26 heavy (non-hydrogen) atoms. The Morgan fingerprint density at radius 3 is 2.35 bits per heavy atom. The van der Waals surface area contributed by atoms with Gasteiger partial charge < -0.3 is 5.11 Å². The number of carbonyl (C=O) groups excluding carboxylic acids is 3. The second kappa shape index (κ2) is 7.34. The van der Waals surface area contributed by atoms with E-state index in [0.29, 0.717) is 24.0 Å². The molecule has 0 fully saturated rings. The lowest BCUT2D eigenvalue weighted by molar-refractivity contribution is -0.124. The van der Waals surface area contributed by atoms with Gasteiger partial charge in [-0.15, -0.1) is 0 Å². The molecule has 0 saturated heterocycles. The van der Waals surface area contributed by atoms with Crippen molar-refractivity contribution in [2.45, 2.75) is 39.2 Å². The number of carbonyl (C=O) groups is 3. The van der Waals surface area contributed by atoms with Crippen LogP contribution in [0.2, 0.25) is 0 Å².